The number of ether oxygens (including phenoxy) is 1. The second kappa shape index (κ2) is 6.71. The Morgan fingerprint density at radius 3 is 1.82 bits per heavy atom. The largest absolute Gasteiger partial charge is 0.493 e. The van der Waals surface area contributed by atoms with E-state index >= 15 is 0 Å². The van der Waals surface area contributed by atoms with Crippen molar-refractivity contribution in [3.8, 4) is 28.0 Å². The molecule has 0 saturated carbocycles. The molecule has 0 unspecified atom stereocenters. The van der Waals surface area contributed by atoms with Crippen LogP contribution in [0.15, 0.2) is 77.7 Å². The van der Waals surface area contributed by atoms with Crippen LogP contribution in [0.4, 0.5) is 0 Å². The highest BCUT2D eigenvalue weighted by Crippen LogP contribution is 2.42. The van der Waals surface area contributed by atoms with Crippen LogP contribution in [0.1, 0.15) is 6.92 Å². The first-order valence-corrected chi connectivity index (χ1v) is 7.85. The lowest BCUT2D eigenvalue weighted by Gasteiger charge is -2.17. The van der Waals surface area contributed by atoms with E-state index in [9.17, 15) is 0 Å². The van der Waals surface area contributed by atoms with Crippen molar-refractivity contribution in [2.24, 2.45) is 0 Å². The van der Waals surface area contributed by atoms with Crippen LogP contribution in [0.5, 0.6) is 5.75 Å². The van der Waals surface area contributed by atoms with Gasteiger partial charge >= 0.3 is 0 Å². The Labute approximate surface area is 137 Å². The summed E-state index contributed by atoms with van der Waals surface area (Å²) in [7, 11) is 0. The zero-order chi connectivity index (χ0) is 15.4. The Hall–Kier alpha value is -2.19. The summed E-state index contributed by atoms with van der Waals surface area (Å²) in [6.45, 7) is 2.64. The Balaban J connectivity index is 2.30. The van der Waals surface area contributed by atoms with Crippen LogP contribution < -0.4 is 4.74 Å². The molecule has 22 heavy (non-hydrogen) atoms. The van der Waals surface area contributed by atoms with Gasteiger partial charge in [0.05, 0.1) is 6.61 Å². The maximum absolute atomic E-state index is 5.87. The molecule has 0 bridgehead atoms. The molecule has 0 aliphatic carbocycles. The third-order valence-electron chi connectivity index (χ3n) is 3.57. The minimum Gasteiger partial charge on any atom is -0.493 e. The van der Waals surface area contributed by atoms with Gasteiger partial charge in [-0.15, -0.1) is 12.6 Å². The molecule has 1 nitrogen and oxygen atoms in total. The van der Waals surface area contributed by atoms with Crippen molar-refractivity contribution in [1.29, 1.82) is 0 Å². The van der Waals surface area contributed by atoms with Crippen LogP contribution in [0.3, 0.4) is 0 Å². The monoisotopic (exact) mass is 306 g/mol. The van der Waals surface area contributed by atoms with Crippen LogP contribution in [-0.2, 0) is 0 Å². The van der Waals surface area contributed by atoms with Gasteiger partial charge in [-0.3, -0.25) is 0 Å². The van der Waals surface area contributed by atoms with Crippen LogP contribution in [0.25, 0.3) is 22.3 Å². The van der Waals surface area contributed by atoms with Crippen molar-refractivity contribution >= 4 is 12.6 Å². The van der Waals surface area contributed by atoms with E-state index in [0.29, 0.717) is 6.61 Å². The predicted molar refractivity (Wildman–Crippen MR) is 95.7 cm³/mol. The van der Waals surface area contributed by atoms with E-state index in [1.165, 1.54) is 0 Å². The molecule has 2 heteroatoms. The summed E-state index contributed by atoms with van der Waals surface area (Å²) in [5, 5.41) is 0. The van der Waals surface area contributed by atoms with Gasteiger partial charge in [0.2, 0.25) is 0 Å². The normalized spacial score (nSPS) is 10.5. The zero-order valence-electron chi connectivity index (χ0n) is 12.5. The van der Waals surface area contributed by atoms with Crippen molar-refractivity contribution in [2.45, 2.75) is 11.8 Å². The van der Waals surface area contributed by atoms with Crippen molar-refractivity contribution < 1.29 is 4.74 Å². The number of benzene rings is 3. The van der Waals surface area contributed by atoms with Gasteiger partial charge in [-0.05, 0) is 30.2 Å². The van der Waals surface area contributed by atoms with Gasteiger partial charge in [0.1, 0.15) is 5.75 Å². The summed E-state index contributed by atoms with van der Waals surface area (Å²) in [4.78, 5) is 0.952. The van der Waals surface area contributed by atoms with E-state index in [2.05, 4.69) is 36.9 Å². The Morgan fingerprint density at radius 2 is 1.27 bits per heavy atom. The molecule has 0 fully saturated rings. The fourth-order valence-electron chi connectivity index (χ4n) is 2.64. The third kappa shape index (κ3) is 2.88. The summed E-state index contributed by atoms with van der Waals surface area (Å²) in [6, 6.07) is 24.7. The Bertz CT molecular complexity index is 751. The molecule has 0 saturated heterocycles. The summed E-state index contributed by atoms with van der Waals surface area (Å²) >= 11 is 4.69. The smallest absolute Gasteiger partial charge is 0.127 e. The molecule has 0 N–H and O–H groups in total. The fraction of sp³-hybridized carbons (Fsp3) is 0.100. The molecular weight excluding hydrogens is 288 g/mol. The molecule has 0 heterocycles. The second-order valence-electron chi connectivity index (χ2n) is 5.00. The first-order valence-electron chi connectivity index (χ1n) is 7.41. The van der Waals surface area contributed by atoms with E-state index in [0.717, 1.165) is 32.9 Å². The third-order valence-corrected chi connectivity index (χ3v) is 3.94. The molecule has 3 rings (SSSR count). The fourth-order valence-corrected chi connectivity index (χ4v) is 2.95. The lowest BCUT2D eigenvalue weighted by molar-refractivity contribution is 0.341. The second-order valence-corrected chi connectivity index (χ2v) is 5.48. The molecule has 0 atom stereocenters. The number of rotatable bonds is 4. The quantitative estimate of drug-likeness (QED) is 0.608. The summed E-state index contributed by atoms with van der Waals surface area (Å²) in [5.41, 5.74) is 4.50. The highest BCUT2D eigenvalue weighted by molar-refractivity contribution is 7.80. The molecule has 0 spiro atoms. The molecular formula is C20H18OS. The molecule has 0 radical (unpaired) electrons. The standard InChI is InChI=1S/C20H18OS/c1-2-21-17-13-14-18(22)20(16-11-7-4-8-12-16)19(17)15-9-5-3-6-10-15/h3-14,22H,2H2,1H3. The first kappa shape index (κ1) is 14.7. The van der Waals surface area contributed by atoms with Crippen molar-refractivity contribution in [2.75, 3.05) is 6.61 Å². The van der Waals surface area contributed by atoms with Crippen LogP contribution in [0, 0.1) is 0 Å². The minimum absolute atomic E-state index is 0.639. The molecule has 3 aromatic rings. The lowest BCUT2D eigenvalue weighted by atomic mass is 9.93. The molecule has 0 amide bonds. The van der Waals surface area contributed by atoms with Gasteiger partial charge in [-0.2, -0.15) is 0 Å². The van der Waals surface area contributed by atoms with Gasteiger partial charge < -0.3 is 4.74 Å². The minimum atomic E-state index is 0.639. The van der Waals surface area contributed by atoms with E-state index in [-0.39, 0.29) is 0 Å². The van der Waals surface area contributed by atoms with E-state index in [4.69, 9.17) is 4.74 Å². The highest BCUT2D eigenvalue weighted by Gasteiger charge is 2.16. The number of hydrogen-bond acceptors (Lipinski definition) is 2. The predicted octanol–water partition coefficient (Wildman–Crippen LogP) is 5.71. The molecule has 0 aliphatic rings. The van der Waals surface area contributed by atoms with Crippen LogP contribution >= 0.6 is 12.6 Å². The summed E-state index contributed by atoms with van der Waals surface area (Å²) in [5.74, 6) is 0.894. The molecule has 3 aromatic carbocycles. The topological polar surface area (TPSA) is 9.23 Å². The lowest BCUT2D eigenvalue weighted by Crippen LogP contribution is -1.97. The van der Waals surface area contributed by atoms with Crippen LogP contribution in [-0.4, -0.2) is 6.61 Å². The van der Waals surface area contributed by atoms with Crippen LogP contribution in [0.2, 0.25) is 0 Å². The van der Waals surface area contributed by atoms with E-state index < -0.39 is 0 Å². The number of hydrogen-bond donors (Lipinski definition) is 1. The Morgan fingerprint density at radius 1 is 0.727 bits per heavy atom. The maximum atomic E-state index is 5.87. The SMILES string of the molecule is CCOc1ccc(S)c(-c2ccccc2)c1-c1ccccc1. The number of thiol groups is 1. The van der Waals surface area contributed by atoms with Gasteiger partial charge in [0.15, 0.2) is 0 Å². The van der Waals surface area contributed by atoms with Gasteiger partial charge in [-0.1, -0.05) is 60.7 Å². The summed E-state index contributed by atoms with van der Waals surface area (Å²) < 4.78 is 5.87. The molecule has 0 aromatic heterocycles. The molecule has 0 aliphatic heterocycles. The van der Waals surface area contributed by atoms with Crippen molar-refractivity contribution in [3.63, 3.8) is 0 Å². The van der Waals surface area contributed by atoms with Crippen molar-refractivity contribution in [1.82, 2.24) is 0 Å². The zero-order valence-corrected chi connectivity index (χ0v) is 13.4. The van der Waals surface area contributed by atoms with Gasteiger partial charge in [-0.25, -0.2) is 0 Å². The van der Waals surface area contributed by atoms with E-state index in [1.54, 1.807) is 0 Å². The average molecular weight is 306 g/mol. The van der Waals surface area contributed by atoms with Gasteiger partial charge in [0, 0.05) is 16.0 Å². The average Bonchev–Trinajstić information content (AvgIpc) is 2.58. The summed E-state index contributed by atoms with van der Waals surface area (Å²) in [6.07, 6.45) is 0. The highest BCUT2D eigenvalue weighted by atomic mass is 32.1. The van der Waals surface area contributed by atoms with E-state index in [1.807, 2.05) is 55.5 Å². The van der Waals surface area contributed by atoms with Crippen molar-refractivity contribution in [3.05, 3.63) is 72.8 Å². The maximum Gasteiger partial charge on any atom is 0.127 e. The molecule has 110 valence electrons. The Kier molecular flexibility index (Phi) is 4.50. The first-order chi connectivity index (χ1) is 10.8. The van der Waals surface area contributed by atoms with Gasteiger partial charge in [0.25, 0.3) is 0 Å².